The molecule has 0 saturated heterocycles. The Morgan fingerprint density at radius 2 is 1.78 bits per heavy atom. The van der Waals surface area contributed by atoms with Crippen molar-refractivity contribution in [2.24, 2.45) is 11.1 Å². The first-order valence-electron chi connectivity index (χ1n) is 10.2. The predicted octanol–water partition coefficient (Wildman–Crippen LogP) is 3.82. The van der Waals surface area contributed by atoms with Gasteiger partial charge in [0.1, 0.15) is 0 Å². The smallest absolute Gasteiger partial charge is 0.407 e. The highest BCUT2D eigenvalue weighted by Gasteiger charge is 2.35. The Morgan fingerprint density at radius 1 is 1.12 bits per heavy atom. The van der Waals surface area contributed by atoms with Crippen LogP contribution in [-0.2, 0) is 4.74 Å². The zero-order valence-electron chi connectivity index (χ0n) is 18.6. The molecule has 8 nitrogen and oxygen atoms in total. The number of nitrogens with two attached hydrogens (primary N) is 1. The molecular formula is C24H27N3O5. The van der Waals surface area contributed by atoms with Gasteiger partial charge in [-0.25, -0.2) is 14.6 Å². The lowest BCUT2D eigenvalue weighted by molar-refractivity contribution is 0.0600. The number of carbonyl (C=O) groups is 3. The molecule has 3 rings (SSSR count). The zero-order chi connectivity index (χ0) is 23.6. The second-order valence-electron chi connectivity index (χ2n) is 8.75. The van der Waals surface area contributed by atoms with Gasteiger partial charge in [0.15, 0.2) is 0 Å². The molecule has 0 bridgehead atoms. The van der Waals surface area contributed by atoms with E-state index in [-0.39, 0.29) is 17.0 Å². The lowest BCUT2D eigenvalue weighted by Gasteiger charge is -2.40. The molecule has 32 heavy (non-hydrogen) atoms. The second-order valence-corrected chi connectivity index (χ2v) is 8.75. The molecule has 2 heterocycles. The molecule has 1 aliphatic heterocycles. The van der Waals surface area contributed by atoms with Gasteiger partial charge in [0.25, 0.3) is 5.91 Å². The highest BCUT2D eigenvalue weighted by Crippen LogP contribution is 2.34. The van der Waals surface area contributed by atoms with Crippen molar-refractivity contribution in [3.8, 4) is 11.3 Å². The average Bonchev–Trinajstić information content (AvgIpc) is 2.77. The van der Waals surface area contributed by atoms with Crippen LogP contribution < -0.4 is 5.73 Å². The van der Waals surface area contributed by atoms with E-state index < -0.39 is 18.0 Å². The van der Waals surface area contributed by atoms with Crippen molar-refractivity contribution in [2.75, 3.05) is 13.7 Å². The fraction of sp³-hybridized carbons (Fsp3) is 0.333. The molecule has 0 saturated carbocycles. The second kappa shape index (κ2) is 8.82. The van der Waals surface area contributed by atoms with E-state index in [2.05, 4.69) is 0 Å². The number of nitrogens with zero attached hydrogens (tertiary/aromatic N) is 2. The van der Waals surface area contributed by atoms with Gasteiger partial charge in [-0.3, -0.25) is 4.79 Å². The maximum Gasteiger partial charge on any atom is 0.407 e. The van der Waals surface area contributed by atoms with Crippen LogP contribution in [0.3, 0.4) is 0 Å². The quantitative estimate of drug-likeness (QED) is 0.701. The zero-order valence-corrected chi connectivity index (χ0v) is 18.6. The van der Waals surface area contributed by atoms with E-state index in [1.807, 2.05) is 26.8 Å². The van der Waals surface area contributed by atoms with Crippen molar-refractivity contribution in [3.05, 3.63) is 59.3 Å². The van der Waals surface area contributed by atoms with Gasteiger partial charge in [0.05, 0.1) is 35.7 Å². The van der Waals surface area contributed by atoms with Crippen LogP contribution in [0.5, 0.6) is 0 Å². The standard InChI is InChI=1S/C24H27N3O5/c1-24(2,3)19-13-16(11-12-27(19)23(30)31)18-10-9-17(21(25)28)20(26-18)14-5-7-15(8-6-14)22(29)32-4/h5-10,13,19H,11-12H2,1-4H3,(H2,25,28)(H,30,31). The van der Waals surface area contributed by atoms with Crippen molar-refractivity contribution in [1.29, 1.82) is 0 Å². The number of benzene rings is 1. The molecule has 1 aromatic carbocycles. The molecule has 168 valence electrons. The first kappa shape index (κ1) is 23.0. The molecule has 1 aromatic heterocycles. The first-order chi connectivity index (χ1) is 15.0. The third-order valence-corrected chi connectivity index (χ3v) is 5.52. The van der Waals surface area contributed by atoms with Crippen molar-refractivity contribution in [1.82, 2.24) is 9.88 Å². The average molecular weight is 437 g/mol. The van der Waals surface area contributed by atoms with Crippen LogP contribution in [0.2, 0.25) is 0 Å². The summed E-state index contributed by atoms with van der Waals surface area (Å²) in [6.07, 6.45) is 1.49. The van der Waals surface area contributed by atoms with Crippen LogP contribution >= 0.6 is 0 Å². The van der Waals surface area contributed by atoms with Gasteiger partial charge in [0, 0.05) is 12.1 Å². The number of carbonyl (C=O) groups excluding carboxylic acids is 2. The van der Waals surface area contributed by atoms with Crippen LogP contribution in [0.25, 0.3) is 16.8 Å². The van der Waals surface area contributed by atoms with Crippen molar-refractivity contribution >= 4 is 23.5 Å². The molecule has 1 atom stereocenters. The number of amides is 2. The summed E-state index contributed by atoms with van der Waals surface area (Å²) in [7, 11) is 1.31. The van der Waals surface area contributed by atoms with E-state index in [0.717, 1.165) is 5.57 Å². The molecule has 0 fully saturated rings. The molecule has 2 aromatic rings. The Morgan fingerprint density at radius 3 is 2.31 bits per heavy atom. The monoisotopic (exact) mass is 437 g/mol. The Balaban J connectivity index is 2.07. The fourth-order valence-corrected chi connectivity index (χ4v) is 3.83. The first-order valence-corrected chi connectivity index (χ1v) is 10.2. The van der Waals surface area contributed by atoms with Gasteiger partial charge in [-0.2, -0.15) is 0 Å². The summed E-state index contributed by atoms with van der Waals surface area (Å²) in [5.74, 6) is -1.07. The van der Waals surface area contributed by atoms with E-state index in [4.69, 9.17) is 15.5 Å². The van der Waals surface area contributed by atoms with E-state index in [0.29, 0.717) is 35.5 Å². The van der Waals surface area contributed by atoms with Crippen LogP contribution in [0.1, 0.15) is 53.6 Å². The summed E-state index contributed by atoms with van der Waals surface area (Å²) in [5, 5.41) is 9.60. The number of esters is 1. The fourth-order valence-electron chi connectivity index (χ4n) is 3.83. The Bertz CT molecular complexity index is 1080. The molecule has 2 amide bonds. The van der Waals surface area contributed by atoms with Gasteiger partial charge in [0.2, 0.25) is 0 Å². The molecule has 0 aliphatic carbocycles. The van der Waals surface area contributed by atoms with Crippen molar-refractivity contribution < 1.29 is 24.2 Å². The number of ether oxygens (including phenoxy) is 1. The highest BCUT2D eigenvalue weighted by atomic mass is 16.5. The third-order valence-electron chi connectivity index (χ3n) is 5.52. The maximum absolute atomic E-state index is 12.0. The van der Waals surface area contributed by atoms with Gasteiger partial charge >= 0.3 is 12.1 Å². The molecule has 0 radical (unpaired) electrons. The Hall–Kier alpha value is -3.68. The van der Waals surface area contributed by atoms with Gasteiger partial charge in [-0.1, -0.05) is 39.0 Å². The number of rotatable bonds is 4. The SMILES string of the molecule is COC(=O)c1ccc(-c2nc(C3=CC(C(C)(C)C)N(C(=O)O)CC3)ccc2C(N)=O)cc1. The van der Waals surface area contributed by atoms with E-state index in [1.54, 1.807) is 36.4 Å². The number of carboxylic acid groups (broad SMARTS) is 1. The molecule has 3 N–H and O–H groups in total. The minimum absolute atomic E-state index is 0.260. The number of aromatic nitrogens is 1. The maximum atomic E-state index is 12.0. The molecule has 1 aliphatic rings. The van der Waals surface area contributed by atoms with Gasteiger partial charge in [-0.15, -0.1) is 0 Å². The van der Waals surface area contributed by atoms with Gasteiger partial charge < -0.3 is 20.5 Å². The molecular weight excluding hydrogens is 410 g/mol. The summed E-state index contributed by atoms with van der Waals surface area (Å²) < 4.78 is 4.72. The topological polar surface area (TPSA) is 123 Å². The lowest BCUT2D eigenvalue weighted by atomic mass is 9.81. The Kier molecular flexibility index (Phi) is 6.34. The minimum atomic E-state index is -0.955. The van der Waals surface area contributed by atoms with Crippen LogP contribution in [-0.4, -0.2) is 52.7 Å². The lowest BCUT2D eigenvalue weighted by Crippen LogP contribution is -2.48. The minimum Gasteiger partial charge on any atom is -0.465 e. The number of primary amides is 1. The van der Waals surface area contributed by atoms with Crippen LogP contribution in [0.4, 0.5) is 4.79 Å². The summed E-state index contributed by atoms with van der Waals surface area (Å²) in [5.41, 5.74) is 8.50. The number of hydrogen-bond acceptors (Lipinski definition) is 5. The van der Waals surface area contributed by atoms with E-state index in [9.17, 15) is 19.5 Å². The van der Waals surface area contributed by atoms with Crippen LogP contribution in [0.15, 0.2) is 42.5 Å². The van der Waals surface area contributed by atoms with Gasteiger partial charge in [-0.05, 0) is 41.7 Å². The highest BCUT2D eigenvalue weighted by molar-refractivity contribution is 5.99. The molecule has 1 unspecified atom stereocenters. The Labute approximate surface area is 186 Å². The van der Waals surface area contributed by atoms with E-state index >= 15 is 0 Å². The summed E-state index contributed by atoms with van der Waals surface area (Å²) in [6, 6.07) is 9.61. The largest absolute Gasteiger partial charge is 0.465 e. The third kappa shape index (κ3) is 4.64. The summed E-state index contributed by atoms with van der Waals surface area (Å²) in [4.78, 5) is 41.6. The summed E-state index contributed by atoms with van der Waals surface area (Å²) in [6.45, 7) is 6.33. The summed E-state index contributed by atoms with van der Waals surface area (Å²) >= 11 is 0. The predicted molar refractivity (Wildman–Crippen MR) is 120 cm³/mol. The van der Waals surface area contributed by atoms with Crippen molar-refractivity contribution in [3.63, 3.8) is 0 Å². The van der Waals surface area contributed by atoms with E-state index in [1.165, 1.54) is 12.0 Å². The van der Waals surface area contributed by atoms with Crippen LogP contribution in [0, 0.1) is 5.41 Å². The number of pyridine rings is 1. The number of hydrogen-bond donors (Lipinski definition) is 2. The molecule has 0 spiro atoms. The normalized spacial score (nSPS) is 16.3. The molecule has 8 heteroatoms. The number of methoxy groups -OCH3 is 1. The van der Waals surface area contributed by atoms with Crippen molar-refractivity contribution in [2.45, 2.75) is 33.2 Å².